The predicted octanol–water partition coefficient (Wildman–Crippen LogP) is 2.81. The summed E-state index contributed by atoms with van der Waals surface area (Å²) < 4.78 is 18.3. The molecule has 0 bridgehead atoms. The summed E-state index contributed by atoms with van der Waals surface area (Å²) in [5.74, 6) is 0.370. The Labute approximate surface area is 101 Å². The van der Waals surface area contributed by atoms with Gasteiger partial charge < -0.3 is 9.84 Å². The van der Waals surface area contributed by atoms with Gasteiger partial charge in [-0.3, -0.25) is 0 Å². The van der Waals surface area contributed by atoms with Gasteiger partial charge >= 0.3 is 0 Å². The van der Waals surface area contributed by atoms with Gasteiger partial charge in [-0.2, -0.15) is 0 Å². The van der Waals surface area contributed by atoms with Crippen LogP contribution in [0.2, 0.25) is 0 Å². The highest BCUT2D eigenvalue weighted by Gasteiger charge is 2.29. The summed E-state index contributed by atoms with van der Waals surface area (Å²) in [6.45, 7) is 2.39. The number of ether oxygens (including phenoxy) is 1. The molecule has 0 aromatic heterocycles. The molecule has 92 valence electrons. The molecule has 3 heteroatoms. The molecule has 1 aromatic rings. The molecule has 1 unspecified atom stereocenters. The van der Waals surface area contributed by atoms with Gasteiger partial charge in [-0.25, -0.2) is 4.39 Å². The first kappa shape index (κ1) is 12.1. The molecule has 2 nitrogen and oxygen atoms in total. The van der Waals surface area contributed by atoms with Crippen molar-refractivity contribution in [3.05, 3.63) is 47.5 Å². The van der Waals surface area contributed by atoms with Crippen molar-refractivity contribution in [2.75, 3.05) is 6.61 Å². The molecular weight excluding hydrogens is 219 g/mol. The van der Waals surface area contributed by atoms with Gasteiger partial charge in [0.2, 0.25) is 0 Å². The average molecular weight is 236 g/mol. The number of hydrogen-bond acceptors (Lipinski definition) is 2. The van der Waals surface area contributed by atoms with Crippen LogP contribution in [0.4, 0.5) is 4.39 Å². The summed E-state index contributed by atoms with van der Waals surface area (Å²) in [6, 6.07) is 6.18. The highest BCUT2D eigenvalue weighted by atomic mass is 19.1. The standard InChI is InChI=1S/C14H17FO2/c1-14(16,13-4-2-3-9-17-13)10-11-5-7-12(15)8-6-11/h4-8,16H,2-3,9-10H2,1H3. The Morgan fingerprint density at radius 3 is 2.65 bits per heavy atom. The summed E-state index contributed by atoms with van der Waals surface area (Å²) in [5, 5.41) is 10.4. The number of hydrogen-bond donors (Lipinski definition) is 1. The van der Waals surface area contributed by atoms with E-state index in [1.165, 1.54) is 12.1 Å². The first-order valence-electron chi connectivity index (χ1n) is 5.88. The lowest BCUT2D eigenvalue weighted by Gasteiger charge is -2.29. The Bertz CT molecular complexity index is 407. The molecule has 0 aliphatic carbocycles. The number of halogens is 1. The Balaban J connectivity index is 2.10. The van der Waals surface area contributed by atoms with E-state index < -0.39 is 5.60 Å². The van der Waals surface area contributed by atoms with Crippen molar-refractivity contribution in [2.45, 2.75) is 31.8 Å². The van der Waals surface area contributed by atoms with Crippen LogP contribution in [0.3, 0.4) is 0 Å². The van der Waals surface area contributed by atoms with Crippen molar-refractivity contribution in [1.29, 1.82) is 0 Å². The molecule has 17 heavy (non-hydrogen) atoms. The second-order valence-electron chi connectivity index (χ2n) is 4.64. The SMILES string of the molecule is CC(O)(Cc1ccc(F)cc1)C1=CCCCO1. The lowest BCUT2D eigenvalue weighted by atomic mass is 9.93. The van der Waals surface area contributed by atoms with E-state index in [4.69, 9.17) is 4.74 Å². The van der Waals surface area contributed by atoms with Gasteiger partial charge in [-0.05, 0) is 43.5 Å². The number of rotatable bonds is 3. The van der Waals surface area contributed by atoms with E-state index in [1.807, 2.05) is 6.08 Å². The molecule has 1 heterocycles. The fourth-order valence-corrected chi connectivity index (χ4v) is 2.02. The third-order valence-electron chi connectivity index (χ3n) is 2.93. The zero-order valence-electron chi connectivity index (χ0n) is 9.95. The van der Waals surface area contributed by atoms with Crippen LogP contribution in [0, 0.1) is 5.82 Å². The predicted molar refractivity (Wildman–Crippen MR) is 64.0 cm³/mol. The molecular formula is C14H17FO2. The molecule has 1 atom stereocenters. The van der Waals surface area contributed by atoms with Crippen LogP contribution in [0.15, 0.2) is 36.1 Å². The Kier molecular flexibility index (Phi) is 3.48. The molecule has 0 spiro atoms. The number of allylic oxidation sites excluding steroid dienone is 1. The summed E-state index contributed by atoms with van der Waals surface area (Å²) in [6.07, 6.45) is 4.30. The Morgan fingerprint density at radius 2 is 2.06 bits per heavy atom. The van der Waals surface area contributed by atoms with Crippen molar-refractivity contribution < 1.29 is 14.2 Å². The first-order chi connectivity index (χ1) is 8.08. The molecule has 1 aliphatic heterocycles. The topological polar surface area (TPSA) is 29.5 Å². The normalized spacial score (nSPS) is 19.1. The van der Waals surface area contributed by atoms with Crippen LogP contribution < -0.4 is 0 Å². The molecule has 0 saturated heterocycles. The van der Waals surface area contributed by atoms with E-state index in [9.17, 15) is 9.50 Å². The van der Waals surface area contributed by atoms with Crippen LogP contribution in [-0.2, 0) is 11.2 Å². The maximum Gasteiger partial charge on any atom is 0.124 e. The largest absolute Gasteiger partial charge is 0.495 e. The van der Waals surface area contributed by atoms with E-state index in [2.05, 4.69) is 0 Å². The Hall–Kier alpha value is -1.35. The minimum Gasteiger partial charge on any atom is -0.495 e. The maximum absolute atomic E-state index is 12.8. The van der Waals surface area contributed by atoms with Crippen molar-refractivity contribution in [1.82, 2.24) is 0 Å². The third-order valence-corrected chi connectivity index (χ3v) is 2.93. The van der Waals surface area contributed by atoms with Crippen molar-refractivity contribution in [2.24, 2.45) is 0 Å². The summed E-state index contributed by atoms with van der Waals surface area (Å²) >= 11 is 0. The quantitative estimate of drug-likeness (QED) is 0.874. The monoisotopic (exact) mass is 236 g/mol. The lowest BCUT2D eigenvalue weighted by Crippen LogP contribution is -2.32. The van der Waals surface area contributed by atoms with Crippen molar-refractivity contribution >= 4 is 0 Å². The smallest absolute Gasteiger partial charge is 0.124 e. The van der Waals surface area contributed by atoms with Crippen LogP contribution in [0.25, 0.3) is 0 Å². The fourth-order valence-electron chi connectivity index (χ4n) is 2.02. The molecule has 1 N–H and O–H groups in total. The minimum absolute atomic E-state index is 0.262. The highest BCUT2D eigenvalue weighted by Crippen LogP contribution is 2.26. The van der Waals surface area contributed by atoms with Crippen LogP contribution in [-0.4, -0.2) is 17.3 Å². The first-order valence-corrected chi connectivity index (χ1v) is 5.88. The average Bonchev–Trinajstić information content (AvgIpc) is 2.33. The third kappa shape index (κ3) is 3.07. The van der Waals surface area contributed by atoms with Gasteiger partial charge in [0.25, 0.3) is 0 Å². The summed E-state index contributed by atoms with van der Waals surface area (Å²) in [5.41, 5.74) is -0.121. The second kappa shape index (κ2) is 4.88. The van der Waals surface area contributed by atoms with Gasteiger partial charge in [0.05, 0.1) is 6.61 Å². The van der Waals surface area contributed by atoms with E-state index in [0.717, 1.165) is 18.4 Å². The van der Waals surface area contributed by atoms with E-state index in [-0.39, 0.29) is 5.82 Å². The molecule has 0 saturated carbocycles. The highest BCUT2D eigenvalue weighted by molar-refractivity contribution is 5.22. The second-order valence-corrected chi connectivity index (χ2v) is 4.64. The lowest BCUT2D eigenvalue weighted by molar-refractivity contribution is 0.0185. The molecule has 1 aromatic carbocycles. The summed E-state index contributed by atoms with van der Waals surface area (Å²) in [7, 11) is 0. The molecule has 2 rings (SSSR count). The van der Waals surface area contributed by atoms with Crippen LogP contribution in [0.5, 0.6) is 0 Å². The zero-order valence-corrected chi connectivity index (χ0v) is 9.95. The van der Waals surface area contributed by atoms with Gasteiger partial charge in [0, 0.05) is 6.42 Å². The van der Waals surface area contributed by atoms with Crippen molar-refractivity contribution in [3.8, 4) is 0 Å². The minimum atomic E-state index is -1.02. The van der Waals surface area contributed by atoms with Gasteiger partial charge in [-0.1, -0.05) is 12.1 Å². The molecule has 1 aliphatic rings. The fraction of sp³-hybridized carbons (Fsp3) is 0.429. The van der Waals surface area contributed by atoms with Gasteiger partial charge in [0.1, 0.15) is 17.2 Å². The maximum atomic E-state index is 12.8. The Morgan fingerprint density at radius 1 is 1.35 bits per heavy atom. The van der Waals surface area contributed by atoms with Gasteiger partial charge in [-0.15, -0.1) is 0 Å². The molecule has 0 fully saturated rings. The zero-order chi connectivity index (χ0) is 12.3. The van der Waals surface area contributed by atoms with E-state index in [1.54, 1.807) is 19.1 Å². The van der Waals surface area contributed by atoms with Crippen molar-refractivity contribution in [3.63, 3.8) is 0 Å². The van der Waals surface area contributed by atoms with Gasteiger partial charge in [0.15, 0.2) is 0 Å². The summed E-state index contributed by atoms with van der Waals surface area (Å²) in [4.78, 5) is 0. The van der Waals surface area contributed by atoms with E-state index in [0.29, 0.717) is 18.8 Å². The van der Waals surface area contributed by atoms with Crippen LogP contribution in [0.1, 0.15) is 25.3 Å². The molecule has 0 radical (unpaired) electrons. The van der Waals surface area contributed by atoms with E-state index >= 15 is 0 Å². The molecule has 0 amide bonds. The van der Waals surface area contributed by atoms with Crippen LogP contribution >= 0.6 is 0 Å². The number of benzene rings is 1. The number of aliphatic hydroxyl groups is 1.